The van der Waals surface area contributed by atoms with E-state index in [1.165, 1.54) is 16.0 Å². The summed E-state index contributed by atoms with van der Waals surface area (Å²) in [6.07, 6.45) is 2.74. The Morgan fingerprint density at radius 3 is 2.00 bits per heavy atom. The van der Waals surface area contributed by atoms with Crippen molar-refractivity contribution >= 4 is 28.3 Å². The van der Waals surface area contributed by atoms with E-state index in [4.69, 9.17) is 0 Å². The Morgan fingerprint density at radius 2 is 1.40 bits per heavy atom. The second-order valence-corrected chi connectivity index (χ2v) is 6.72. The van der Waals surface area contributed by atoms with Gasteiger partial charge in [0, 0.05) is 16.5 Å². The summed E-state index contributed by atoms with van der Waals surface area (Å²) < 4.78 is 0. The average Bonchev–Trinajstić information content (AvgIpc) is 3.07. The van der Waals surface area contributed by atoms with Gasteiger partial charge in [-0.05, 0) is 59.5 Å². The molecule has 0 bridgehead atoms. The molecule has 122 valence electrons. The lowest BCUT2D eigenvalue weighted by Gasteiger charge is -2.29. The number of hydrogen-bond acceptors (Lipinski definition) is 2. The van der Waals surface area contributed by atoms with Gasteiger partial charge in [0.2, 0.25) is 0 Å². The van der Waals surface area contributed by atoms with Crippen LogP contribution in [-0.2, 0) is 19.3 Å². The van der Waals surface area contributed by atoms with Crippen LogP contribution in [0.25, 0.3) is 10.8 Å². The van der Waals surface area contributed by atoms with Crippen molar-refractivity contribution in [2.45, 2.75) is 26.2 Å². The van der Waals surface area contributed by atoms with Crippen LogP contribution in [0.3, 0.4) is 0 Å². The van der Waals surface area contributed by atoms with Crippen LogP contribution in [0, 0.1) is 0 Å². The number of benzene rings is 3. The van der Waals surface area contributed by atoms with Crippen LogP contribution in [0.5, 0.6) is 0 Å². The largest absolute Gasteiger partial charge is 0.268 e. The molecule has 1 aliphatic heterocycles. The third-order valence-electron chi connectivity index (χ3n) is 5.48. The molecule has 0 radical (unpaired) electrons. The Bertz CT molecular complexity index is 1020. The van der Waals surface area contributed by atoms with Gasteiger partial charge in [0.1, 0.15) is 0 Å². The first-order chi connectivity index (χ1) is 12.2. The number of hydrogen-bond donors (Lipinski definition) is 0. The van der Waals surface area contributed by atoms with Gasteiger partial charge in [-0.2, -0.15) is 0 Å². The topological polar surface area (TPSA) is 37.4 Å². The van der Waals surface area contributed by atoms with Crippen LogP contribution in [-0.4, -0.2) is 11.8 Å². The summed E-state index contributed by atoms with van der Waals surface area (Å²) in [6.45, 7) is 2.04. The molecule has 3 aromatic carbocycles. The van der Waals surface area contributed by atoms with Gasteiger partial charge in [-0.15, -0.1) is 0 Å². The number of aryl methyl sites for hydroxylation is 3. The highest BCUT2D eigenvalue weighted by Gasteiger charge is 2.36. The molecule has 0 spiro atoms. The molecule has 1 aliphatic carbocycles. The second-order valence-electron chi connectivity index (χ2n) is 6.72. The molecule has 0 saturated carbocycles. The lowest BCUT2D eigenvalue weighted by molar-refractivity contribution is 0.0893. The van der Waals surface area contributed by atoms with Crippen molar-refractivity contribution in [3.63, 3.8) is 0 Å². The van der Waals surface area contributed by atoms with Crippen molar-refractivity contribution < 1.29 is 9.59 Å². The first-order valence-corrected chi connectivity index (χ1v) is 8.75. The van der Waals surface area contributed by atoms with Crippen molar-refractivity contribution in [3.05, 3.63) is 76.3 Å². The highest BCUT2D eigenvalue weighted by Crippen LogP contribution is 2.39. The maximum atomic E-state index is 13.2. The molecule has 0 saturated heterocycles. The number of amides is 2. The summed E-state index contributed by atoms with van der Waals surface area (Å²) in [5.41, 5.74) is 5.48. The molecule has 25 heavy (non-hydrogen) atoms. The third-order valence-corrected chi connectivity index (χ3v) is 5.48. The van der Waals surface area contributed by atoms with Crippen LogP contribution >= 0.6 is 0 Å². The smallest absolute Gasteiger partial charge is 0.265 e. The minimum Gasteiger partial charge on any atom is -0.268 e. The van der Waals surface area contributed by atoms with Gasteiger partial charge in [-0.25, -0.2) is 4.90 Å². The number of carbonyl (C=O) groups is 2. The molecule has 0 atom stereocenters. The van der Waals surface area contributed by atoms with E-state index in [0.717, 1.165) is 35.6 Å². The van der Waals surface area contributed by atoms with Gasteiger partial charge in [0.15, 0.2) is 0 Å². The molecule has 1 heterocycles. The van der Waals surface area contributed by atoms with E-state index in [9.17, 15) is 9.59 Å². The molecule has 0 unspecified atom stereocenters. The van der Waals surface area contributed by atoms with Gasteiger partial charge in [-0.1, -0.05) is 37.3 Å². The van der Waals surface area contributed by atoms with Crippen molar-refractivity contribution in [1.29, 1.82) is 0 Å². The Kier molecular flexibility index (Phi) is 2.90. The molecule has 3 nitrogen and oxygen atoms in total. The van der Waals surface area contributed by atoms with Crippen LogP contribution < -0.4 is 4.90 Å². The van der Waals surface area contributed by atoms with Crippen molar-refractivity contribution in [1.82, 2.24) is 0 Å². The molecule has 5 rings (SSSR count). The standard InChI is InChI=1S/C22H17NO2/c1-2-13-5-3-4-6-18(13)23-21(24)16-11-9-14-7-8-15-10-12-17(22(23)25)20(16)19(14)15/h3-6,9-12H,2,7-8H2,1H3. The Hall–Kier alpha value is -2.94. The van der Waals surface area contributed by atoms with Crippen LogP contribution in [0.2, 0.25) is 0 Å². The van der Waals surface area contributed by atoms with E-state index in [2.05, 4.69) is 12.1 Å². The monoisotopic (exact) mass is 327 g/mol. The van der Waals surface area contributed by atoms with Gasteiger partial charge < -0.3 is 0 Å². The molecule has 3 heteroatoms. The van der Waals surface area contributed by atoms with Crippen molar-refractivity contribution in [3.8, 4) is 0 Å². The Balaban J connectivity index is 1.80. The summed E-state index contributed by atoms with van der Waals surface area (Å²) in [5, 5.41) is 1.98. The minimum atomic E-state index is -0.214. The van der Waals surface area contributed by atoms with E-state index < -0.39 is 0 Å². The zero-order chi connectivity index (χ0) is 17.1. The first kappa shape index (κ1) is 14.4. The molecule has 2 aliphatic rings. The summed E-state index contributed by atoms with van der Waals surface area (Å²) in [7, 11) is 0. The van der Waals surface area contributed by atoms with E-state index in [-0.39, 0.29) is 11.8 Å². The van der Waals surface area contributed by atoms with E-state index >= 15 is 0 Å². The summed E-state index contributed by atoms with van der Waals surface area (Å²) in [6, 6.07) is 15.5. The number of rotatable bonds is 2. The van der Waals surface area contributed by atoms with Crippen LogP contribution in [0.4, 0.5) is 5.69 Å². The summed E-state index contributed by atoms with van der Waals surface area (Å²) in [5.74, 6) is -0.428. The second kappa shape index (κ2) is 5.03. The highest BCUT2D eigenvalue weighted by atomic mass is 16.2. The van der Waals surface area contributed by atoms with Crippen LogP contribution in [0.1, 0.15) is 44.3 Å². The van der Waals surface area contributed by atoms with Gasteiger partial charge >= 0.3 is 0 Å². The molecule has 0 aromatic heterocycles. The predicted octanol–water partition coefficient (Wildman–Crippen LogP) is 4.30. The molecule has 0 N–H and O–H groups in total. The Morgan fingerprint density at radius 1 is 0.800 bits per heavy atom. The zero-order valence-electron chi connectivity index (χ0n) is 14.0. The van der Waals surface area contributed by atoms with E-state index in [1.54, 1.807) is 0 Å². The lowest BCUT2D eigenvalue weighted by atomic mass is 9.90. The highest BCUT2D eigenvalue weighted by molar-refractivity contribution is 6.36. The number of para-hydroxylation sites is 1. The van der Waals surface area contributed by atoms with E-state index in [1.807, 2.05) is 43.3 Å². The van der Waals surface area contributed by atoms with Crippen LogP contribution in [0.15, 0.2) is 48.5 Å². The number of nitrogens with zero attached hydrogens (tertiary/aromatic N) is 1. The summed E-state index contributed by atoms with van der Waals surface area (Å²) >= 11 is 0. The molecular weight excluding hydrogens is 310 g/mol. The fourth-order valence-electron chi connectivity index (χ4n) is 4.27. The molecule has 3 aromatic rings. The quantitative estimate of drug-likeness (QED) is 0.658. The maximum absolute atomic E-state index is 13.2. The van der Waals surface area contributed by atoms with Crippen molar-refractivity contribution in [2.75, 3.05) is 4.90 Å². The normalized spacial score (nSPS) is 15.3. The summed E-state index contributed by atoms with van der Waals surface area (Å²) in [4.78, 5) is 27.8. The fraction of sp³-hybridized carbons (Fsp3) is 0.182. The molecular formula is C22H17NO2. The Labute approximate surface area is 145 Å². The number of carbonyl (C=O) groups excluding carboxylic acids is 2. The number of imide groups is 1. The zero-order valence-corrected chi connectivity index (χ0v) is 14.0. The van der Waals surface area contributed by atoms with Crippen molar-refractivity contribution in [2.24, 2.45) is 0 Å². The van der Waals surface area contributed by atoms with Gasteiger partial charge in [0.05, 0.1) is 5.69 Å². The first-order valence-electron chi connectivity index (χ1n) is 8.75. The van der Waals surface area contributed by atoms with E-state index in [0.29, 0.717) is 16.8 Å². The molecule has 2 amide bonds. The average molecular weight is 327 g/mol. The number of anilines is 1. The fourth-order valence-corrected chi connectivity index (χ4v) is 4.27. The lowest BCUT2D eigenvalue weighted by Crippen LogP contribution is -2.41. The minimum absolute atomic E-state index is 0.214. The SMILES string of the molecule is CCc1ccccc1N1C(=O)c2ccc3c4c(ccc(c24)C1=O)CC3. The van der Waals surface area contributed by atoms with Gasteiger partial charge in [0.25, 0.3) is 11.8 Å². The maximum Gasteiger partial charge on any atom is 0.265 e. The van der Waals surface area contributed by atoms with Gasteiger partial charge in [-0.3, -0.25) is 9.59 Å². The third kappa shape index (κ3) is 1.81. The molecule has 0 fully saturated rings. The predicted molar refractivity (Wildman–Crippen MR) is 98.3 cm³/mol.